The minimum atomic E-state index is -0.103. The van der Waals surface area contributed by atoms with Crippen LogP contribution < -0.4 is 5.56 Å². The molecule has 6 nitrogen and oxygen atoms in total. The van der Waals surface area contributed by atoms with Crippen molar-refractivity contribution in [3.05, 3.63) is 105 Å². The van der Waals surface area contributed by atoms with Crippen molar-refractivity contribution in [3.8, 4) is 17.1 Å². The number of aromatic nitrogens is 5. The maximum atomic E-state index is 13.1. The minimum absolute atomic E-state index is 0.103. The first-order valence-electron chi connectivity index (χ1n) is 9.26. The van der Waals surface area contributed by atoms with Crippen LogP contribution in [0.2, 0.25) is 0 Å². The average molecular weight is 399 g/mol. The van der Waals surface area contributed by atoms with Gasteiger partial charge in [0.2, 0.25) is 0 Å². The quantitative estimate of drug-likeness (QED) is 0.489. The lowest BCUT2D eigenvalue weighted by atomic mass is 10.1. The number of aromatic amines is 1. The van der Waals surface area contributed by atoms with Gasteiger partial charge >= 0.3 is 0 Å². The van der Waals surface area contributed by atoms with Crippen molar-refractivity contribution >= 4 is 11.5 Å². The normalized spacial score (nSPS) is 11.2. The molecule has 0 amide bonds. The zero-order valence-electron chi connectivity index (χ0n) is 15.4. The van der Waals surface area contributed by atoms with E-state index in [-0.39, 0.29) is 5.56 Å². The molecule has 142 valence electrons. The topological polar surface area (TPSA) is 76.5 Å². The molecule has 5 rings (SSSR count). The summed E-state index contributed by atoms with van der Waals surface area (Å²) < 4.78 is 5.53. The highest BCUT2D eigenvalue weighted by Gasteiger charge is 2.20. The fourth-order valence-electron chi connectivity index (χ4n) is 3.41. The van der Waals surface area contributed by atoms with E-state index in [2.05, 4.69) is 31.7 Å². The summed E-state index contributed by atoms with van der Waals surface area (Å²) in [6.45, 7) is 0. The van der Waals surface area contributed by atoms with Gasteiger partial charge in [0.15, 0.2) is 5.82 Å². The second kappa shape index (κ2) is 7.44. The van der Waals surface area contributed by atoms with E-state index in [1.807, 2.05) is 54.7 Å². The van der Waals surface area contributed by atoms with Crippen molar-refractivity contribution in [2.75, 3.05) is 0 Å². The van der Waals surface area contributed by atoms with Crippen molar-refractivity contribution < 1.29 is 0 Å². The van der Waals surface area contributed by atoms with E-state index in [1.165, 1.54) is 11.5 Å². The molecule has 0 fully saturated rings. The zero-order valence-corrected chi connectivity index (χ0v) is 16.3. The van der Waals surface area contributed by atoms with Crippen LogP contribution in [0.25, 0.3) is 17.1 Å². The molecule has 0 spiro atoms. The molecule has 0 saturated carbocycles. The number of H-pyrrole nitrogens is 1. The largest absolute Gasteiger partial charge is 0.354 e. The summed E-state index contributed by atoms with van der Waals surface area (Å²) in [7, 11) is 0. The van der Waals surface area contributed by atoms with E-state index in [0.29, 0.717) is 24.4 Å². The summed E-state index contributed by atoms with van der Waals surface area (Å²) in [4.78, 5) is 22.2. The van der Waals surface area contributed by atoms with Gasteiger partial charge in [0.05, 0.1) is 22.5 Å². The van der Waals surface area contributed by atoms with Crippen molar-refractivity contribution in [2.24, 2.45) is 0 Å². The fraction of sp³-hybridized carbons (Fsp3) is 0.0909. The summed E-state index contributed by atoms with van der Waals surface area (Å²) in [5.41, 5.74) is 4.36. The Balaban J connectivity index is 1.66. The standard InChI is InChI=1S/C22H17N5OS/c28-22-19(12-17-13-23-26-29-17)25-21-18(11-15-7-3-1-4-8-15)24-20(14-27(21)22)16-9-5-2-6-10-16/h1-10,13-14,24H,11-12H2. The molecular weight excluding hydrogens is 382 g/mol. The lowest BCUT2D eigenvalue weighted by molar-refractivity contribution is 0.914. The third-order valence-electron chi connectivity index (χ3n) is 4.81. The summed E-state index contributed by atoms with van der Waals surface area (Å²) in [6.07, 6.45) is 4.61. The molecule has 0 unspecified atom stereocenters. The number of hydrogen-bond donors (Lipinski definition) is 1. The van der Waals surface area contributed by atoms with E-state index in [0.717, 1.165) is 27.4 Å². The molecule has 1 N–H and O–H groups in total. The van der Waals surface area contributed by atoms with Crippen molar-refractivity contribution in [2.45, 2.75) is 12.8 Å². The summed E-state index contributed by atoms with van der Waals surface area (Å²) in [5, 5.41) is 3.85. The van der Waals surface area contributed by atoms with Gasteiger partial charge in [-0.05, 0) is 22.7 Å². The fourth-order valence-corrected chi connectivity index (χ4v) is 3.91. The summed E-state index contributed by atoms with van der Waals surface area (Å²) in [6, 6.07) is 20.2. The smallest absolute Gasteiger partial charge is 0.278 e. The average Bonchev–Trinajstić information content (AvgIpc) is 3.38. The van der Waals surface area contributed by atoms with E-state index in [4.69, 9.17) is 0 Å². The first-order chi connectivity index (χ1) is 14.3. The maximum Gasteiger partial charge on any atom is 0.278 e. The molecular formula is C22H17N5OS. The van der Waals surface area contributed by atoms with E-state index < -0.39 is 0 Å². The molecule has 0 bridgehead atoms. The highest BCUT2D eigenvalue weighted by atomic mass is 32.1. The molecule has 3 aromatic rings. The van der Waals surface area contributed by atoms with Gasteiger partial charge in [-0.3, -0.25) is 9.36 Å². The Hall–Kier alpha value is -3.58. The summed E-state index contributed by atoms with van der Waals surface area (Å²) >= 11 is 1.29. The number of nitrogens with zero attached hydrogens (tertiary/aromatic N) is 4. The highest BCUT2D eigenvalue weighted by molar-refractivity contribution is 7.05. The van der Waals surface area contributed by atoms with Gasteiger partial charge in [0.25, 0.3) is 5.56 Å². The molecule has 2 aliphatic rings. The van der Waals surface area contributed by atoms with Crippen molar-refractivity contribution in [1.82, 2.24) is 24.1 Å². The SMILES string of the molecule is O=c1c(Cc2cnns2)nc2c(Cc3ccccc3)[nH]c(-c3ccccc3)cn1-2. The highest BCUT2D eigenvalue weighted by Crippen LogP contribution is 2.23. The Bertz CT molecular complexity index is 1260. The number of benzene rings is 2. The molecule has 1 aromatic heterocycles. The van der Waals surface area contributed by atoms with Crippen LogP contribution in [0.4, 0.5) is 0 Å². The molecule has 0 atom stereocenters. The molecule has 3 heterocycles. The van der Waals surface area contributed by atoms with Crippen LogP contribution >= 0.6 is 11.5 Å². The van der Waals surface area contributed by atoms with Crippen LogP contribution in [0, 0.1) is 0 Å². The van der Waals surface area contributed by atoms with Gasteiger partial charge in [-0.2, -0.15) is 0 Å². The second-order valence-electron chi connectivity index (χ2n) is 6.79. The molecule has 0 saturated heterocycles. The molecule has 2 aliphatic heterocycles. The first-order valence-corrected chi connectivity index (χ1v) is 10.0. The van der Waals surface area contributed by atoms with Gasteiger partial charge in [-0.15, -0.1) is 5.10 Å². The van der Waals surface area contributed by atoms with Crippen molar-refractivity contribution in [1.29, 1.82) is 0 Å². The van der Waals surface area contributed by atoms with E-state index in [1.54, 1.807) is 10.8 Å². The zero-order chi connectivity index (χ0) is 19.6. The number of imidazole rings is 1. The second-order valence-corrected chi connectivity index (χ2v) is 7.66. The van der Waals surface area contributed by atoms with E-state index in [9.17, 15) is 4.79 Å². The predicted octanol–water partition coefficient (Wildman–Crippen LogP) is 3.70. The van der Waals surface area contributed by atoms with Crippen LogP contribution in [-0.4, -0.2) is 24.1 Å². The molecule has 29 heavy (non-hydrogen) atoms. The van der Waals surface area contributed by atoms with Crippen LogP contribution in [-0.2, 0) is 12.8 Å². The third kappa shape index (κ3) is 3.48. The Kier molecular flexibility index (Phi) is 4.50. The molecule has 2 aromatic carbocycles. The van der Waals surface area contributed by atoms with Crippen LogP contribution in [0.5, 0.6) is 0 Å². The number of nitrogens with one attached hydrogen (secondary N) is 1. The van der Waals surface area contributed by atoms with Gasteiger partial charge in [0, 0.05) is 19.0 Å². The Morgan fingerprint density at radius 3 is 2.45 bits per heavy atom. The molecule has 0 radical (unpaired) electrons. The number of hydrogen-bond acceptors (Lipinski definition) is 5. The van der Waals surface area contributed by atoms with Crippen LogP contribution in [0.1, 0.15) is 21.8 Å². The first kappa shape index (κ1) is 17.5. The predicted molar refractivity (Wildman–Crippen MR) is 113 cm³/mol. The van der Waals surface area contributed by atoms with Gasteiger partial charge < -0.3 is 4.98 Å². The third-order valence-corrected chi connectivity index (χ3v) is 5.47. The number of rotatable bonds is 5. The van der Waals surface area contributed by atoms with Gasteiger partial charge in [-0.1, -0.05) is 65.2 Å². The molecule has 7 heteroatoms. The van der Waals surface area contributed by atoms with Crippen LogP contribution in [0.3, 0.4) is 0 Å². The number of fused-ring (bicyclic) bond motifs is 1. The Labute approximate surface area is 171 Å². The Morgan fingerprint density at radius 1 is 0.966 bits per heavy atom. The van der Waals surface area contributed by atoms with E-state index >= 15 is 0 Å². The van der Waals surface area contributed by atoms with Gasteiger partial charge in [-0.25, -0.2) is 4.98 Å². The lowest BCUT2D eigenvalue weighted by Crippen LogP contribution is -2.17. The van der Waals surface area contributed by atoms with Crippen LogP contribution in [0.15, 0.2) is 77.9 Å². The van der Waals surface area contributed by atoms with Crippen molar-refractivity contribution in [3.63, 3.8) is 0 Å². The maximum absolute atomic E-state index is 13.1. The Morgan fingerprint density at radius 2 is 1.72 bits per heavy atom. The minimum Gasteiger partial charge on any atom is -0.354 e. The summed E-state index contributed by atoms with van der Waals surface area (Å²) in [5.74, 6) is 0.658. The van der Waals surface area contributed by atoms with Gasteiger partial charge in [0.1, 0.15) is 5.69 Å². The monoisotopic (exact) mass is 399 g/mol. The lowest BCUT2D eigenvalue weighted by Gasteiger charge is -2.13. The molecule has 0 aliphatic carbocycles.